The van der Waals surface area contributed by atoms with Crippen LogP contribution in [0, 0.1) is 0 Å². The highest BCUT2D eigenvalue weighted by atomic mass is 16.5. The number of carbonyl (C=O) groups is 1. The number of nitrogen functional groups attached to an aromatic ring is 1. The molecule has 1 aromatic carbocycles. The van der Waals surface area contributed by atoms with E-state index in [-0.39, 0.29) is 17.3 Å². The number of para-hydroxylation sites is 2. The van der Waals surface area contributed by atoms with Crippen molar-refractivity contribution in [2.45, 2.75) is 6.42 Å². The summed E-state index contributed by atoms with van der Waals surface area (Å²) in [6.45, 7) is 1.01. The van der Waals surface area contributed by atoms with Gasteiger partial charge in [0, 0.05) is 38.2 Å². The second-order valence-electron chi connectivity index (χ2n) is 6.59. The molecule has 30 heavy (non-hydrogen) atoms. The van der Waals surface area contributed by atoms with Gasteiger partial charge in [-0.15, -0.1) is 0 Å². The maximum Gasteiger partial charge on any atom is 0.257 e. The first-order valence-corrected chi connectivity index (χ1v) is 9.47. The van der Waals surface area contributed by atoms with Gasteiger partial charge in [-0.1, -0.05) is 18.2 Å². The Morgan fingerprint density at radius 3 is 2.77 bits per heavy atom. The van der Waals surface area contributed by atoms with Gasteiger partial charge in [-0.25, -0.2) is 9.97 Å². The van der Waals surface area contributed by atoms with Crippen molar-refractivity contribution in [2.24, 2.45) is 5.10 Å². The van der Waals surface area contributed by atoms with Gasteiger partial charge in [0.1, 0.15) is 16.9 Å². The van der Waals surface area contributed by atoms with Crippen molar-refractivity contribution in [3.63, 3.8) is 0 Å². The molecule has 3 N–H and O–H groups in total. The molecule has 0 saturated carbocycles. The Morgan fingerprint density at radius 1 is 1.23 bits per heavy atom. The average Bonchev–Trinajstić information content (AvgIpc) is 3.04. The molecule has 0 radical (unpaired) electrons. The second-order valence-corrected chi connectivity index (χ2v) is 6.59. The van der Waals surface area contributed by atoms with E-state index in [2.05, 4.69) is 25.4 Å². The van der Waals surface area contributed by atoms with Crippen molar-refractivity contribution in [3.8, 4) is 0 Å². The number of pyridine rings is 1. The first kappa shape index (κ1) is 19.5. The third kappa shape index (κ3) is 3.83. The summed E-state index contributed by atoms with van der Waals surface area (Å²) in [7, 11) is 1.62. The molecular weight excluding hydrogens is 382 g/mol. The topological polar surface area (TPSA) is 120 Å². The number of hydrogen-bond acceptors (Lipinski definition) is 7. The largest absolute Gasteiger partial charge is 0.385 e. The Kier molecular flexibility index (Phi) is 5.62. The number of carbonyl (C=O) groups excluding carboxylic acids is 1. The number of anilines is 1. The first-order valence-electron chi connectivity index (χ1n) is 9.47. The molecule has 4 aromatic rings. The van der Waals surface area contributed by atoms with E-state index in [0.717, 1.165) is 5.56 Å². The van der Waals surface area contributed by atoms with Gasteiger partial charge in [0.25, 0.3) is 5.91 Å². The van der Waals surface area contributed by atoms with E-state index >= 15 is 0 Å². The lowest BCUT2D eigenvalue weighted by atomic mass is 10.2. The van der Waals surface area contributed by atoms with E-state index in [4.69, 9.17) is 10.5 Å². The zero-order valence-corrected chi connectivity index (χ0v) is 16.4. The number of aromatic nitrogens is 4. The maximum absolute atomic E-state index is 12.9. The van der Waals surface area contributed by atoms with Crippen molar-refractivity contribution < 1.29 is 9.53 Å². The molecule has 0 aliphatic carbocycles. The summed E-state index contributed by atoms with van der Waals surface area (Å²) in [6, 6.07) is 11.1. The molecule has 9 heteroatoms. The molecule has 0 unspecified atom stereocenters. The lowest BCUT2D eigenvalue weighted by Crippen LogP contribution is -2.26. The van der Waals surface area contributed by atoms with Crippen molar-refractivity contribution in [3.05, 3.63) is 59.9 Å². The minimum Gasteiger partial charge on any atom is -0.385 e. The number of fused-ring (bicyclic) bond motifs is 2. The Labute approximate surface area is 172 Å². The van der Waals surface area contributed by atoms with E-state index in [1.54, 1.807) is 25.7 Å². The minimum atomic E-state index is -0.325. The van der Waals surface area contributed by atoms with Crippen LogP contribution in [0.4, 0.5) is 5.82 Å². The van der Waals surface area contributed by atoms with Crippen LogP contribution in [0.25, 0.3) is 22.2 Å². The molecule has 152 valence electrons. The molecular formula is C21H21N7O2. The minimum absolute atomic E-state index is 0.171. The first-order chi connectivity index (χ1) is 14.7. The van der Waals surface area contributed by atoms with E-state index in [0.29, 0.717) is 41.8 Å². The van der Waals surface area contributed by atoms with E-state index < -0.39 is 0 Å². The Bertz CT molecular complexity index is 1220. The highest BCUT2D eigenvalue weighted by Crippen LogP contribution is 2.27. The summed E-state index contributed by atoms with van der Waals surface area (Å²) < 4.78 is 6.46. The highest BCUT2D eigenvalue weighted by molar-refractivity contribution is 6.10. The number of methoxy groups -OCH3 is 1. The van der Waals surface area contributed by atoms with Crippen molar-refractivity contribution in [1.82, 2.24) is 24.9 Å². The molecule has 0 spiro atoms. The van der Waals surface area contributed by atoms with Crippen molar-refractivity contribution in [2.75, 3.05) is 26.0 Å². The van der Waals surface area contributed by atoms with Crippen LogP contribution in [0.15, 0.2) is 53.9 Å². The van der Waals surface area contributed by atoms with E-state index in [1.807, 2.05) is 36.4 Å². The van der Waals surface area contributed by atoms with Crippen LogP contribution < -0.4 is 11.1 Å². The van der Waals surface area contributed by atoms with Crippen LogP contribution in [0.2, 0.25) is 0 Å². The number of nitrogens with one attached hydrogen (secondary N) is 1. The summed E-state index contributed by atoms with van der Waals surface area (Å²) in [5.41, 5.74) is 9.56. The molecule has 0 bridgehead atoms. The summed E-state index contributed by atoms with van der Waals surface area (Å²) >= 11 is 0. The lowest BCUT2D eigenvalue weighted by Gasteiger charge is -2.05. The van der Waals surface area contributed by atoms with Crippen LogP contribution in [-0.4, -0.2) is 52.0 Å². The number of rotatable bonds is 7. The molecule has 3 aromatic heterocycles. The summed E-state index contributed by atoms with van der Waals surface area (Å²) in [4.78, 5) is 26.3. The number of ether oxygens (including phenoxy) is 1. The van der Waals surface area contributed by atoms with Crippen LogP contribution >= 0.6 is 0 Å². The monoisotopic (exact) mass is 403 g/mol. The van der Waals surface area contributed by atoms with Crippen LogP contribution in [0.1, 0.15) is 22.3 Å². The summed E-state index contributed by atoms with van der Waals surface area (Å²) in [5.74, 6) is -0.154. The van der Waals surface area contributed by atoms with Gasteiger partial charge in [0.15, 0.2) is 5.65 Å². The third-order valence-electron chi connectivity index (χ3n) is 4.52. The highest BCUT2D eigenvalue weighted by Gasteiger charge is 2.23. The van der Waals surface area contributed by atoms with Gasteiger partial charge in [0.2, 0.25) is 0 Å². The molecule has 0 aliphatic rings. The number of amides is 1. The molecule has 9 nitrogen and oxygen atoms in total. The lowest BCUT2D eigenvalue weighted by molar-refractivity contribution is 0.0951. The molecule has 0 aliphatic heterocycles. The molecule has 0 saturated heterocycles. The molecule has 0 atom stereocenters. The Balaban J connectivity index is 1.81. The normalized spacial score (nSPS) is 11.5. The van der Waals surface area contributed by atoms with Crippen molar-refractivity contribution >= 4 is 40.1 Å². The molecule has 1 amide bonds. The quantitative estimate of drug-likeness (QED) is 0.361. The van der Waals surface area contributed by atoms with Gasteiger partial charge >= 0.3 is 0 Å². The number of hydrogen-bond donors (Lipinski definition) is 2. The third-order valence-corrected chi connectivity index (χ3v) is 4.52. The SMILES string of the molecule is COCCCNC(=O)c1c(N)n(N=Cc2cccnc2)c2nc3ccccc3nc12. The molecule has 0 fully saturated rings. The van der Waals surface area contributed by atoms with Gasteiger partial charge in [0.05, 0.1) is 17.2 Å². The average molecular weight is 403 g/mol. The smallest absolute Gasteiger partial charge is 0.257 e. The van der Waals surface area contributed by atoms with Crippen LogP contribution in [0.3, 0.4) is 0 Å². The number of nitrogens with zero attached hydrogens (tertiary/aromatic N) is 5. The maximum atomic E-state index is 12.9. The Morgan fingerprint density at radius 2 is 2.03 bits per heavy atom. The van der Waals surface area contributed by atoms with Gasteiger partial charge in [-0.2, -0.15) is 9.78 Å². The standard InChI is InChI=1S/C21H21N7O2/c1-30-11-5-10-24-21(29)17-18-20(27-16-8-3-2-7-15(16)26-18)28(19(17)22)25-13-14-6-4-9-23-12-14/h2-4,6-9,12-13H,5,10-11,22H2,1H3,(H,24,29). The summed E-state index contributed by atoms with van der Waals surface area (Å²) in [5, 5.41) is 7.31. The number of benzene rings is 1. The fraction of sp³-hybridized carbons (Fsp3) is 0.190. The predicted molar refractivity (Wildman–Crippen MR) is 116 cm³/mol. The Hall–Kier alpha value is -3.85. The zero-order valence-electron chi connectivity index (χ0n) is 16.4. The predicted octanol–water partition coefficient (Wildman–Crippen LogP) is 2.21. The fourth-order valence-electron chi connectivity index (χ4n) is 3.07. The van der Waals surface area contributed by atoms with Crippen LogP contribution in [-0.2, 0) is 4.74 Å². The van der Waals surface area contributed by atoms with E-state index in [9.17, 15) is 4.79 Å². The van der Waals surface area contributed by atoms with Gasteiger partial charge < -0.3 is 15.8 Å². The zero-order chi connectivity index (χ0) is 20.9. The van der Waals surface area contributed by atoms with Gasteiger partial charge in [-0.3, -0.25) is 9.78 Å². The molecule has 3 heterocycles. The van der Waals surface area contributed by atoms with Crippen molar-refractivity contribution in [1.29, 1.82) is 0 Å². The number of nitrogens with two attached hydrogens (primary N) is 1. The van der Waals surface area contributed by atoms with Gasteiger partial charge in [-0.05, 0) is 24.6 Å². The van der Waals surface area contributed by atoms with Crippen LogP contribution in [0.5, 0.6) is 0 Å². The fourth-order valence-corrected chi connectivity index (χ4v) is 3.07. The van der Waals surface area contributed by atoms with E-state index in [1.165, 1.54) is 4.68 Å². The second kappa shape index (κ2) is 8.66. The molecule has 4 rings (SSSR count). The summed E-state index contributed by atoms with van der Waals surface area (Å²) in [6.07, 6.45) is 5.66.